The Balaban J connectivity index is 2.03. The van der Waals surface area contributed by atoms with E-state index >= 15 is 0 Å². The summed E-state index contributed by atoms with van der Waals surface area (Å²) >= 11 is 0. The molecule has 5 nitrogen and oxygen atoms in total. The Morgan fingerprint density at radius 3 is 2.33 bits per heavy atom. The van der Waals surface area contributed by atoms with Gasteiger partial charge in [0, 0.05) is 6.04 Å². The minimum atomic E-state index is -1.07. The first kappa shape index (κ1) is 16.3. The van der Waals surface area contributed by atoms with E-state index in [-0.39, 0.29) is 17.9 Å². The van der Waals surface area contributed by atoms with Gasteiger partial charge in [0.05, 0.1) is 5.92 Å². The molecule has 0 radical (unpaired) electrons. The van der Waals surface area contributed by atoms with E-state index in [1.807, 2.05) is 0 Å². The number of rotatable bonds is 4. The van der Waals surface area contributed by atoms with Crippen LogP contribution in [-0.2, 0) is 9.59 Å². The summed E-state index contributed by atoms with van der Waals surface area (Å²) in [5.74, 6) is -0.681. The van der Waals surface area contributed by atoms with Crippen LogP contribution >= 0.6 is 0 Å². The molecule has 0 aromatic rings. The van der Waals surface area contributed by atoms with Crippen LogP contribution in [0.5, 0.6) is 0 Å². The third-order valence-corrected chi connectivity index (χ3v) is 5.46. The quantitative estimate of drug-likeness (QED) is 0.740. The summed E-state index contributed by atoms with van der Waals surface area (Å²) in [5, 5.41) is 12.5. The van der Waals surface area contributed by atoms with Gasteiger partial charge in [0.1, 0.15) is 5.54 Å². The van der Waals surface area contributed by atoms with Gasteiger partial charge in [-0.1, -0.05) is 26.2 Å². The van der Waals surface area contributed by atoms with Crippen LogP contribution in [0.2, 0.25) is 0 Å². The SMILES string of the molecule is CCC1CCC(NC(=O)C2CCCCC2N)(C(=O)O)CC1. The molecule has 0 heterocycles. The Labute approximate surface area is 126 Å². The summed E-state index contributed by atoms with van der Waals surface area (Å²) < 4.78 is 0. The second kappa shape index (κ2) is 6.77. The maximum absolute atomic E-state index is 12.5. The van der Waals surface area contributed by atoms with Crippen LogP contribution in [0.4, 0.5) is 0 Å². The molecule has 2 atom stereocenters. The van der Waals surface area contributed by atoms with Gasteiger partial charge >= 0.3 is 5.97 Å². The van der Waals surface area contributed by atoms with Crippen LogP contribution in [-0.4, -0.2) is 28.6 Å². The minimum absolute atomic E-state index is 0.128. The van der Waals surface area contributed by atoms with Crippen molar-refractivity contribution >= 4 is 11.9 Å². The smallest absolute Gasteiger partial charge is 0.329 e. The molecule has 0 aliphatic heterocycles. The van der Waals surface area contributed by atoms with E-state index < -0.39 is 11.5 Å². The molecular formula is C16H28N2O3. The number of nitrogens with one attached hydrogen (secondary N) is 1. The molecule has 0 spiro atoms. The van der Waals surface area contributed by atoms with Crippen molar-refractivity contribution in [3.05, 3.63) is 0 Å². The monoisotopic (exact) mass is 296 g/mol. The second-order valence-corrected chi connectivity index (χ2v) is 6.78. The number of carbonyl (C=O) groups excluding carboxylic acids is 1. The zero-order chi connectivity index (χ0) is 15.5. The van der Waals surface area contributed by atoms with E-state index in [1.54, 1.807) is 0 Å². The molecule has 2 saturated carbocycles. The zero-order valence-electron chi connectivity index (χ0n) is 12.9. The number of aliphatic carboxylic acids is 1. The first-order valence-electron chi connectivity index (χ1n) is 8.29. The third kappa shape index (κ3) is 3.57. The fraction of sp³-hybridized carbons (Fsp3) is 0.875. The lowest BCUT2D eigenvalue weighted by Gasteiger charge is -2.39. The standard InChI is InChI=1S/C16H28N2O3/c1-2-11-7-9-16(10-8-11,15(20)21)18-14(19)12-5-3-4-6-13(12)17/h11-13H,2-10,17H2,1H3,(H,18,19)(H,20,21). The van der Waals surface area contributed by atoms with Crippen molar-refractivity contribution in [2.75, 3.05) is 0 Å². The number of nitrogens with two attached hydrogens (primary N) is 1. The average Bonchev–Trinajstić information content (AvgIpc) is 2.48. The molecule has 0 aromatic heterocycles. The molecule has 0 aromatic carbocycles. The Bertz CT molecular complexity index is 389. The highest BCUT2D eigenvalue weighted by Crippen LogP contribution is 2.35. The first-order chi connectivity index (χ1) is 9.98. The van der Waals surface area contributed by atoms with Crippen LogP contribution in [0.3, 0.4) is 0 Å². The van der Waals surface area contributed by atoms with Gasteiger partial charge in [-0.15, -0.1) is 0 Å². The van der Waals surface area contributed by atoms with Crippen LogP contribution < -0.4 is 11.1 Å². The van der Waals surface area contributed by atoms with Crippen molar-refractivity contribution in [2.24, 2.45) is 17.6 Å². The normalized spacial score (nSPS) is 37.0. The number of carboxylic acids is 1. The fourth-order valence-corrected chi connectivity index (χ4v) is 3.78. The van der Waals surface area contributed by atoms with Crippen molar-refractivity contribution in [2.45, 2.75) is 76.3 Å². The third-order valence-electron chi connectivity index (χ3n) is 5.46. The summed E-state index contributed by atoms with van der Waals surface area (Å²) in [5.41, 5.74) is 4.97. The molecule has 0 saturated heterocycles. The predicted octanol–water partition coefficient (Wildman–Crippen LogP) is 2.04. The van der Waals surface area contributed by atoms with E-state index in [9.17, 15) is 14.7 Å². The lowest BCUT2D eigenvalue weighted by atomic mass is 9.75. The molecule has 2 aliphatic rings. The average molecular weight is 296 g/mol. The fourth-order valence-electron chi connectivity index (χ4n) is 3.78. The minimum Gasteiger partial charge on any atom is -0.480 e. The van der Waals surface area contributed by atoms with Crippen molar-refractivity contribution < 1.29 is 14.7 Å². The zero-order valence-corrected chi connectivity index (χ0v) is 12.9. The summed E-state index contributed by atoms with van der Waals surface area (Å²) in [4.78, 5) is 24.2. The van der Waals surface area contributed by atoms with Crippen LogP contribution in [0.1, 0.15) is 64.7 Å². The number of hydrogen-bond acceptors (Lipinski definition) is 3. The van der Waals surface area contributed by atoms with Crippen LogP contribution in [0, 0.1) is 11.8 Å². The molecule has 2 aliphatic carbocycles. The first-order valence-corrected chi connectivity index (χ1v) is 8.29. The highest BCUT2D eigenvalue weighted by Gasteiger charge is 2.44. The number of hydrogen-bond donors (Lipinski definition) is 3. The van der Waals surface area contributed by atoms with Crippen LogP contribution in [0.25, 0.3) is 0 Å². The molecule has 120 valence electrons. The summed E-state index contributed by atoms with van der Waals surface area (Å²) in [6, 6.07) is -0.128. The van der Waals surface area contributed by atoms with Gasteiger partial charge in [-0.2, -0.15) is 0 Å². The Hall–Kier alpha value is -1.10. The molecular weight excluding hydrogens is 268 g/mol. The largest absolute Gasteiger partial charge is 0.480 e. The molecule has 21 heavy (non-hydrogen) atoms. The maximum atomic E-state index is 12.5. The molecule has 1 amide bonds. The van der Waals surface area contributed by atoms with Gasteiger partial charge in [0.25, 0.3) is 0 Å². The van der Waals surface area contributed by atoms with Crippen LogP contribution in [0.15, 0.2) is 0 Å². The Kier molecular flexibility index (Phi) is 5.25. The van der Waals surface area contributed by atoms with E-state index in [0.29, 0.717) is 18.8 Å². The summed E-state index contributed by atoms with van der Waals surface area (Å²) in [6.45, 7) is 2.14. The lowest BCUT2D eigenvalue weighted by molar-refractivity contribution is -0.150. The molecule has 2 fully saturated rings. The summed E-state index contributed by atoms with van der Waals surface area (Å²) in [7, 11) is 0. The number of amides is 1. The molecule has 2 unspecified atom stereocenters. The highest BCUT2D eigenvalue weighted by molar-refractivity contribution is 5.88. The summed E-state index contributed by atoms with van der Waals surface area (Å²) in [6.07, 6.45) is 7.60. The van der Waals surface area contributed by atoms with Gasteiger partial charge in [-0.3, -0.25) is 4.79 Å². The molecule has 5 heteroatoms. The van der Waals surface area contributed by atoms with E-state index in [2.05, 4.69) is 12.2 Å². The molecule has 0 bridgehead atoms. The van der Waals surface area contributed by atoms with Crippen molar-refractivity contribution in [3.8, 4) is 0 Å². The van der Waals surface area contributed by atoms with Crippen molar-refractivity contribution in [1.82, 2.24) is 5.32 Å². The van der Waals surface area contributed by atoms with Crippen molar-refractivity contribution in [3.63, 3.8) is 0 Å². The van der Waals surface area contributed by atoms with E-state index in [4.69, 9.17) is 5.73 Å². The van der Waals surface area contributed by atoms with Gasteiger partial charge < -0.3 is 16.2 Å². The van der Waals surface area contributed by atoms with Gasteiger partial charge in [-0.25, -0.2) is 4.79 Å². The van der Waals surface area contributed by atoms with E-state index in [1.165, 1.54) is 0 Å². The lowest BCUT2D eigenvalue weighted by Crippen LogP contribution is -2.59. The maximum Gasteiger partial charge on any atom is 0.329 e. The van der Waals surface area contributed by atoms with Gasteiger partial charge in [0.2, 0.25) is 5.91 Å². The number of carbonyl (C=O) groups is 2. The Morgan fingerprint density at radius 1 is 1.19 bits per heavy atom. The number of carboxylic acid groups (broad SMARTS) is 1. The van der Waals surface area contributed by atoms with Gasteiger partial charge in [0.15, 0.2) is 0 Å². The highest BCUT2D eigenvalue weighted by atomic mass is 16.4. The molecule has 2 rings (SSSR count). The molecule has 4 N–H and O–H groups in total. The van der Waals surface area contributed by atoms with Crippen molar-refractivity contribution in [1.29, 1.82) is 0 Å². The van der Waals surface area contributed by atoms with E-state index in [0.717, 1.165) is 44.9 Å². The predicted molar refractivity (Wildman–Crippen MR) is 80.7 cm³/mol. The Morgan fingerprint density at radius 2 is 1.81 bits per heavy atom. The van der Waals surface area contributed by atoms with Gasteiger partial charge in [-0.05, 0) is 44.4 Å². The topological polar surface area (TPSA) is 92.4 Å². The second-order valence-electron chi connectivity index (χ2n) is 6.78.